The Labute approximate surface area is 199 Å². The number of aromatic amines is 1. The second-order valence-electron chi connectivity index (χ2n) is 9.95. The second-order valence-corrected chi connectivity index (χ2v) is 9.95. The molecule has 1 amide bonds. The van der Waals surface area contributed by atoms with Gasteiger partial charge in [-0.15, -0.1) is 0 Å². The van der Waals surface area contributed by atoms with E-state index < -0.39 is 0 Å². The number of hydrogen-bond donors (Lipinski definition) is 2. The molecule has 1 aliphatic carbocycles. The lowest BCUT2D eigenvalue weighted by Crippen LogP contribution is -2.48. The minimum Gasteiger partial charge on any atom is -0.379 e. The van der Waals surface area contributed by atoms with Gasteiger partial charge in [0.05, 0.1) is 18.6 Å². The van der Waals surface area contributed by atoms with E-state index in [-0.39, 0.29) is 11.3 Å². The van der Waals surface area contributed by atoms with Gasteiger partial charge in [0, 0.05) is 30.4 Å². The molecular weight excluding hydrogens is 426 g/mol. The number of anilines is 1. The summed E-state index contributed by atoms with van der Waals surface area (Å²) in [5.74, 6) is 1.66. The molecule has 0 radical (unpaired) electrons. The molecule has 1 spiro atoms. The molecule has 2 N–H and O–H groups in total. The highest BCUT2D eigenvalue weighted by Gasteiger charge is 2.49. The number of carbonyl (C=O) groups excluding carboxylic acids is 1. The van der Waals surface area contributed by atoms with Crippen LogP contribution in [0.4, 0.5) is 5.69 Å². The standard InChI is InChI=1S/C27H31N5O2/c1-17-3-4-20(25-28-18(2)30-31-25)15-22(17)19-5-6-23-24(16-19)29-26(33)27(23)9-7-21(8-10-27)32-11-13-34-14-12-32/h3-6,15-16,21H,7-14H2,1-2H3,(H,29,33)(H,28,30,31). The fraction of sp³-hybridized carbons (Fsp3) is 0.444. The number of carbonyl (C=O) groups is 1. The average Bonchev–Trinajstić information content (AvgIpc) is 3.41. The van der Waals surface area contributed by atoms with Gasteiger partial charge in [-0.25, -0.2) is 4.98 Å². The van der Waals surface area contributed by atoms with Crippen LogP contribution >= 0.6 is 0 Å². The summed E-state index contributed by atoms with van der Waals surface area (Å²) in [6, 6.07) is 13.4. The first-order chi connectivity index (χ1) is 16.5. The third-order valence-electron chi connectivity index (χ3n) is 7.99. The largest absolute Gasteiger partial charge is 0.379 e. The molecule has 6 rings (SSSR count). The molecule has 176 valence electrons. The Morgan fingerprint density at radius 2 is 1.79 bits per heavy atom. The Kier molecular flexibility index (Phi) is 5.26. The number of benzene rings is 2. The number of fused-ring (bicyclic) bond motifs is 2. The monoisotopic (exact) mass is 457 g/mol. The zero-order valence-electron chi connectivity index (χ0n) is 19.9. The van der Waals surface area contributed by atoms with Gasteiger partial charge < -0.3 is 10.1 Å². The Morgan fingerprint density at radius 3 is 2.53 bits per heavy atom. The van der Waals surface area contributed by atoms with Gasteiger partial charge in [0.15, 0.2) is 5.82 Å². The number of rotatable bonds is 3. The van der Waals surface area contributed by atoms with Crippen LogP contribution in [0.15, 0.2) is 36.4 Å². The molecule has 3 heterocycles. The van der Waals surface area contributed by atoms with Crippen LogP contribution in [0, 0.1) is 13.8 Å². The molecule has 2 aliphatic heterocycles. The quantitative estimate of drug-likeness (QED) is 0.615. The zero-order chi connectivity index (χ0) is 23.3. The summed E-state index contributed by atoms with van der Waals surface area (Å²) in [4.78, 5) is 20.3. The van der Waals surface area contributed by atoms with E-state index >= 15 is 0 Å². The number of nitrogens with zero attached hydrogens (tertiary/aromatic N) is 3. The van der Waals surface area contributed by atoms with Crippen LogP contribution in [-0.2, 0) is 14.9 Å². The molecule has 3 aliphatic rings. The summed E-state index contributed by atoms with van der Waals surface area (Å²) in [6.45, 7) is 7.68. The summed E-state index contributed by atoms with van der Waals surface area (Å²) < 4.78 is 5.52. The Bertz CT molecular complexity index is 1240. The van der Waals surface area contributed by atoms with Gasteiger partial charge in [-0.05, 0) is 73.9 Å². The van der Waals surface area contributed by atoms with Crippen LogP contribution in [0.5, 0.6) is 0 Å². The topological polar surface area (TPSA) is 83.1 Å². The Balaban J connectivity index is 1.28. The summed E-state index contributed by atoms with van der Waals surface area (Å²) in [5.41, 5.74) is 6.14. The van der Waals surface area contributed by atoms with Crippen LogP contribution in [0.1, 0.15) is 42.6 Å². The molecule has 0 bridgehead atoms. The van der Waals surface area contributed by atoms with Crippen molar-refractivity contribution in [2.45, 2.75) is 51.0 Å². The lowest BCUT2D eigenvalue weighted by Gasteiger charge is -2.42. The highest BCUT2D eigenvalue weighted by Crippen LogP contribution is 2.49. The number of hydrogen-bond acceptors (Lipinski definition) is 5. The lowest BCUT2D eigenvalue weighted by atomic mass is 9.68. The smallest absolute Gasteiger partial charge is 0.235 e. The minimum absolute atomic E-state index is 0.168. The minimum atomic E-state index is -0.385. The molecule has 1 saturated heterocycles. The van der Waals surface area contributed by atoms with Crippen LogP contribution in [0.3, 0.4) is 0 Å². The number of nitrogens with one attached hydrogen (secondary N) is 2. The van der Waals surface area contributed by atoms with Gasteiger partial charge in [-0.1, -0.05) is 24.3 Å². The van der Waals surface area contributed by atoms with E-state index in [9.17, 15) is 4.79 Å². The van der Waals surface area contributed by atoms with E-state index in [1.54, 1.807) is 0 Å². The van der Waals surface area contributed by atoms with Crippen molar-refractivity contribution in [1.82, 2.24) is 20.1 Å². The van der Waals surface area contributed by atoms with Crippen LogP contribution in [0.2, 0.25) is 0 Å². The van der Waals surface area contributed by atoms with Gasteiger partial charge in [0.2, 0.25) is 5.91 Å². The van der Waals surface area contributed by atoms with Crippen molar-refractivity contribution >= 4 is 11.6 Å². The molecular formula is C27H31N5O2. The predicted octanol–water partition coefficient (Wildman–Crippen LogP) is 4.22. The van der Waals surface area contributed by atoms with E-state index in [0.29, 0.717) is 11.9 Å². The van der Waals surface area contributed by atoms with Gasteiger partial charge in [-0.2, -0.15) is 5.10 Å². The molecule has 2 fully saturated rings. The summed E-state index contributed by atoms with van der Waals surface area (Å²) in [5, 5.41) is 10.5. The van der Waals surface area contributed by atoms with E-state index in [2.05, 4.69) is 68.7 Å². The first kappa shape index (κ1) is 21.5. The molecule has 3 aromatic rings. The zero-order valence-corrected chi connectivity index (χ0v) is 19.9. The van der Waals surface area contributed by atoms with Crippen molar-refractivity contribution in [3.05, 3.63) is 53.3 Å². The SMILES string of the molecule is Cc1nc(-c2ccc(C)c(-c3ccc4c(c3)NC(=O)C43CCC(N4CCOCC4)CC3)c2)n[nH]1. The summed E-state index contributed by atoms with van der Waals surface area (Å²) >= 11 is 0. The average molecular weight is 458 g/mol. The Morgan fingerprint density at radius 1 is 1.03 bits per heavy atom. The predicted molar refractivity (Wildman–Crippen MR) is 132 cm³/mol. The van der Waals surface area contributed by atoms with E-state index in [0.717, 1.165) is 80.2 Å². The Hall–Kier alpha value is -3.03. The van der Waals surface area contributed by atoms with Crippen molar-refractivity contribution < 1.29 is 9.53 Å². The number of amides is 1. The van der Waals surface area contributed by atoms with E-state index in [1.807, 2.05) is 6.92 Å². The van der Waals surface area contributed by atoms with Crippen molar-refractivity contribution in [2.24, 2.45) is 0 Å². The second kappa shape index (κ2) is 8.32. The molecule has 0 unspecified atom stereocenters. The maximum atomic E-state index is 13.3. The molecule has 1 saturated carbocycles. The van der Waals surface area contributed by atoms with Gasteiger partial charge >= 0.3 is 0 Å². The fourth-order valence-electron chi connectivity index (χ4n) is 6.04. The summed E-state index contributed by atoms with van der Waals surface area (Å²) in [7, 11) is 0. The number of ether oxygens (including phenoxy) is 1. The number of aryl methyl sites for hydroxylation is 2. The first-order valence-electron chi connectivity index (χ1n) is 12.3. The van der Waals surface area contributed by atoms with Gasteiger partial charge in [0.25, 0.3) is 0 Å². The summed E-state index contributed by atoms with van der Waals surface area (Å²) in [6.07, 6.45) is 3.94. The number of morpholine rings is 1. The molecule has 1 aromatic heterocycles. The van der Waals surface area contributed by atoms with E-state index in [1.165, 1.54) is 11.1 Å². The molecule has 34 heavy (non-hydrogen) atoms. The van der Waals surface area contributed by atoms with Crippen molar-refractivity contribution in [3.63, 3.8) is 0 Å². The normalized spacial score (nSPS) is 24.9. The van der Waals surface area contributed by atoms with Crippen LogP contribution in [0.25, 0.3) is 22.5 Å². The molecule has 7 heteroatoms. The van der Waals surface area contributed by atoms with Gasteiger partial charge in [-0.3, -0.25) is 14.8 Å². The van der Waals surface area contributed by atoms with Crippen molar-refractivity contribution in [3.8, 4) is 22.5 Å². The number of aromatic nitrogens is 3. The maximum Gasteiger partial charge on any atom is 0.235 e. The fourth-order valence-corrected chi connectivity index (χ4v) is 6.04. The van der Waals surface area contributed by atoms with Crippen molar-refractivity contribution in [2.75, 3.05) is 31.6 Å². The van der Waals surface area contributed by atoms with Crippen molar-refractivity contribution in [1.29, 1.82) is 0 Å². The third kappa shape index (κ3) is 3.54. The number of H-pyrrole nitrogens is 1. The third-order valence-corrected chi connectivity index (χ3v) is 7.99. The lowest BCUT2D eigenvalue weighted by molar-refractivity contribution is -0.122. The van der Waals surface area contributed by atoms with E-state index in [4.69, 9.17) is 4.74 Å². The van der Waals surface area contributed by atoms with Crippen LogP contribution < -0.4 is 5.32 Å². The molecule has 0 atom stereocenters. The maximum absolute atomic E-state index is 13.3. The highest BCUT2D eigenvalue weighted by atomic mass is 16.5. The highest BCUT2D eigenvalue weighted by molar-refractivity contribution is 6.07. The first-order valence-corrected chi connectivity index (χ1v) is 12.3. The van der Waals surface area contributed by atoms with Crippen LogP contribution in [-0.4, -0.2) is 58.3 Å². The van der Waals surface area contributed by atoms with Gasteiger partial charge in [0.1, 0.15) is 5.82 Å². The molecule has 2 aromatic carbocycles. The molecule has 7 nitrogen and oxygen atoms in total.